The Labute approximate surface area is 144 Å². The van der Waals surface area contributed by atoms with Gasteiger partial charge in [-0.25, -0.2) is 9.18 Å². The van der Waals surface area contributed by atoms with Gasteiger partial charge >= 0.3 is 6.09 Å². The zero-order chi connectivity index (χ0) is 19.0. The largest absolute Gasteiger partial charge is 0.465 e. The lowest BCUT2D eigenvalue weighted by atomic mass is 9.92. The van der Waals surface area contributed by atoms with Gasteiger partial charge in [0.15, 0.2) is 0 Å². The third-order valence-corrected chi connectivity index (χ3v) is 6.94. The second kappa shape index (κ2) is 6.19. The lowest BCUT2D eigenvalue weighted by Gasteiger charge is -2.53. The number of rotatable bonds is 2. The molecule has 1 amide bonds. The third-order valence-electron chi connectivity index (χ3n) is 4.14. The number of hydrogen-bond donors (Lipinski definition) is 4. The number of amidine groups is 1. The Bertz CT molecular complexity index is 806. The highest BCUT2D eigenvalue weighted by molar-refractivity contribution is 8.26. The summed E-state index contributed by atoms with van der Waals surface area (Å²) in [6, 6.07) is 3.60. The number of azide groups is 1. The van der Waals surface area contributed by atoms with Crippen LogP contribution in [0.5, 0.6) is 0 Å². The maximum Gasteiger partial charge on any atom is 0.410 e. The number of aliphatic imine (C=N–C) groups is 1. The molecule has 1 aliphatic rings. The number of nitrogens with one attached hydrogen (secondary N) is 1. The average Bonchev–Trinajstić information content (AvgIpc) is 2.46. The summed E-state index contributed by atoms with van der Waals surface area (Å²) in [5.41, 5.74) is 7.17. The molecule has 2 rings (SSSR count). The van der Waals surface area contributed by atoms with Crippen molar-refractivity contribution < 1.29 is 23.4 Å². The van der Waals surface area contributed by atoms with Crippen LogP contribution in [0.4, 0.5) is 14.9 Å². The van der Waals surface area contributed by atoms with Gasteiger partial charge in [-0.05, 0) is 44.5 Å². The summed E-state index contributed by atoms with van der Waals surface area (Å²) in [5, 5.41) is 14.5. The Morgan fingerprint density at radius 1 is 1.44 bits per heavy atom. The van der Waals surface area contributed by atoms with Gasteiger partial charge in [-0.2, -0.15) is 10.6 Å². The summed E-state index contributed by atoms with van der Waals surface area (Å²) in [4.78, 5) is 18.0. The summed E-state index contributed by atoms with van der Waals surface area (Å²) in [6.45, 7) is 4.35. The molecule has 25 heavy (non-hydrogen) atoms. The molecule has 9 nitrogen and oxygen atoms in total. The third kappa shape index (κ3) is 3.40. The molecule has 4 N–H and O–H groups in total. The maximum absolute atomic E-state index is 14.4. The van der Waals surface area contributed by atoms with Crippen molar-refractivity contribution in [2.75, 3.05) is 5.75 Å². The van der Waals surface area contributed by atoms with Crippen LogP contribution in [0.25, 0.3) is 10.4 Å². The fourth-order valence-electron chi connectivity index (χ4n) is 2.60. The zero-order valence-corrected chi connectivity index (χ0v) is 14.6. The van der Waals surface area contributed by atoms with Gasteiger partial charge in [0.05, 0.1) is 5.75 Å². The highest BCUT2D eigenvalue weighted by atomic mass is 32.3. The van der Waals surface area contributed by atoms with Crippen LogP contribution in [-0.4, -0.2) is 36.6 Å². The van der Waals surface area contributed by atoms with Crippen molar-refractivity contribution >= 4 is 28.2 Å². The maximum atomic E-state index is 14.4. The first-order valence-electron chi connectivity index (χ1n) is 7.14. The van der Waals surface area contributed by atoms with Crippen molar-refractivity contribution in [1.82, 2.24) is 5.32 Å². The van der Waals surface area contributed by atoms with Gasteiger partial charge < -0.3 is 5.11 Å². The normalized spacial score (nSPS) is 25.3. The number of benzene rings is 1. The molecular formula is C14H18FN5O4S. The van der Waals surface area contributed by atoms with Crippen LogP contribution in [0, 0.1) is 5.82 Å². The van der Waals surface area contributed by atoms with E-state index in [1.54, 1.807) is 0 Å². The van der Waals surface area contributed by atoms with Crippen LogP contribution in [0.1, 0.15) is 26.3 Å². The standard InChI is InChI=1S/C14H18FN5O4S/c1-13(2)11(17-12(21)22)18-14(3,7-25(13,23)24)9-6-8(19-20-16)4-5-10(9)15/h4-6,23-24H,7H2,1-3H3,(H,17,18)(H,21,22). The van der Waals surface area contributed by atoms with Crippen LogP contribution in [0.15, 0.2) is 28.3 Å². The van der Waals surface area contributed by atoms with Crippen LogP contribution < -0.4 is 5.32 Å². The van der Waals surface area contributed by atoms with Gasteiger partial charge in [0.25, 0.3) is 0 Å². The molecule has 1 atom stereocenters. The van der Waals surface area contributed by atoms with Crippen LogP contribution in [0.3, 0.4) is 0 Å². The summed E-state index contributed by atoms with van der Waals surface area (Å²) >= 11 is 0. The second-order valence-electron chi connectivity index (χ2n) is 6.34. The van der Waals surface area contributed by atoms with Crippen LogP contribution >= 0.6 is 10.6 Å². The quantitative estimate of drug-likeness (QED) is 0.350. The van der Waals surface area contributed by atoms with E-state index in [9.17, 15) is 18.3 Å². The SMILES string of the molecule is CC1(c2cc(N=[N+]=[N-])ccc2F)CS(O)(O)C(C)(C)C(NC(=O)O)=N1. The van der Waals surface area contributed by atoms with Crippen LogP contribution in [-0.2, 0) is 5.54 Å². The van der Waals surface area contributed by atoms with Gasteiger partial charge in [0, 0.05) is 16.2 Å². The molecule has 0 fully saturated rings. The van der Waals surface area contributed by atoms with Gasteiger partial charge in [-0.15, -0.1) is 0 Å². The monoisotopic (exact) mass is 371 g/mol. The van der Waals surface area contributed by atoms with E-state index in [1.165, 1.54) is 32.9 Å². The van der Waals surface area contributed by atoms with E-state index in [0.717, 1.165) is 6.07 Å². The molecule has 0 aromatic heterocycles. The van der Waals surface area contributed by atoms with Gasteiger partial charge in [0.1, 0.15) is 21.9 Å². The highest BCUT2D eigenvalue weighted by Gasteiger charge is 2.50. The van der Waals surface area contributed by atoms with Gasteiger partial charge in [0.2, 0.25) is 0 Å². The van der Waals surface area contributed by atoms with E-state index in [0.29, 0.717) is 0 Å². The summed E-state index contributed by atoms with van der Waals surface area (Å²) < 4.78 is 34.2. The molecule has 1 unspecified atom stereocenters. The molecule has 0 spiro atoms. The van der Waals surface area contributed by atoms with Crippen LogP contribution in [0.2, 0.25) is 0 Å². The van der Waals surface area contributed by atoms with Crippen molar-refractivity contribution in [3.63, 3.8) is 0 Å². The number of hydrogen-bond acceptors (Lipinski definition) is 5. The van der Waals surface area contributed by atoms with Gasteiger partial charge in [-0.3, -0.25) is 19.4 Å². The van der Waals surface area contributed by atoms with E-state index in [4.69, 9.17) is 10.6 Å². The zero-order valence-electron chi connectivity index (χ0n) is 13.8. The minimum absolute atomic E-state index is 0.0300. The second-order valence-corrected chi connectivity index (χ2v) is 8.98. The number of carboxylic acid groups (broad SMARTS) is 1. The van der Waals surface area contributed by atoms with E-state index < -0.39 is 32.8 Å². The lowest BCUT2D eigenvalue weighted by Crippen LogP contribution is -2.55. The summed E-state index contributed by atoms with van der Waals surface area (Å²) in [7, 11) is -3.38. The summed E-state index contributed by atoms with van der Waals surface area (Å²) in [6.07, 6.45) is -1.42. The Hall–Kier alpha value is -2.33. The molecule has 0 bridgehead atoms. The molecule has 1 aromatic rings. The number of nitrogens with zero attached hydrogens (tertiary/aromatic N) is 4. The van der Waals surface area contributed by atoms with Crippen molar-refractivity contribution in [2.24, 2.45) is 10.1 Å². The smallest absolute Gasteiger partial charge is 0.410 e. The molecule has 0 aliphatic carbocycles. The minimum Gasteiger partial charge on any atom is -0.465 e. The number of halogens is 1. The Kier molecular flexibility index (Phi) is 4.71. The molecule has 0 radical (unpaired) electrons. The fraction of sp³-hybridized carbons (Fsp3) is 0.429. The topological polar surface area (TPSA) is 151 Å². The molecular weight excluding hydrogens is 353 g/mol. The Morgan fingerprint density at radius 2 is 2.08 bits per heavy atom. The number of carbonyl (C=O) groups is 1. The fourth-order valence-corrected chi connectivity index (χ4v) is 4.37. The summed E-state index contributed by atoms with van der Waals surface area (Å²) in [5.74, 6) is -1.18. The molecule has 0 saturated heterocycles. The van der Waals surface area contributed by atoms with E-state index in [1.807, 2.05) is 0 Å². The molecule has 1 aliphatic heterocycles. The molecule has 11 heteroatoms. The predicted octanol–water partition coefficient (Wildman–Crippen LogP) is 4.19. The predicted molar refractivity (Wildman–Crippen MR) is 92.9 cm³/mol. The minimum atomic E-state index is -3.38. The Morgan fingerprint density at radius 3 is 2.64 bits per heavy atom. The van der Waals surface area contributed by atoms with Crippen molar-refractivity contribution in [3.8, 4) is 0 Å². The average molecular weight is 371 g/mol. The first kappa shape index (κ1) is 19.0. The molecule has 0 saturated carbocycles. The number of amides is 1. The van der Waals surface area contributed by atoms with Crippen molar-refractivity contribution in [1.29, 1.82) is 0 Å². The lowest BCUT2D eigenvalue weighted by molar-refractivity contribution is 0.199. The first-order valence-corrected chi connectivity index (χ1v) is 8.85. The van der Waals surface area contributed by atoms with E-state index in [2.05, 4.69) is 20.3 Å². The van der Waals surface area contributed by atoms with E-state index >= 15 is 0 Å². The Balaban J connectivity index is 2.69. The highest BCUT2D eigenvalue weighted by Crippen LogP contribution is 2.59. The molecule has 1 aromatic carbocycles. The van der Waals surface area contributed by atoms with E-state index in [-0.39, 0.29) is 22.8 Å². The van der Waals surface area contributed by atoms with Gasteiger partial charge in [-0.1, -0.05) is 5.11 Å². The van der Waals surface area contributed by atoms with Crippen molar-refractivity contribution in [3.05, 3.63) is 40.0 Å². The van der Waals surface area contributed by atoms with Crippen molar-refractivity contribution in [2.45, 2.75) is 31.1 Å². The first-order chi connectivity index (χ1) is 11.4. The molecule has 1 heterocycles. The molecule has 136 valence electrons.